The van der Waals surface area contributed by atoms with E-state index in [0.29, 0.717) is 16.7 Å². The summed E-state index contributed by atoms with van der Waals surface area (Å²) in [6, 6.07) is 14.9. The number of anilines is 2. The molecule has 1 heterocycles. The van der Waals surface area contributed by atoms with Crippen LogP contribution >= 0.6 is 23.5 Å². The highest BCUT2D eigenvalue weighted by atomic mass is 32.2. The standard InChI is InChI=1S/C19H20N2O3S2/c22-17(23)8-7-13-3-1-5-15(11-13)20-19(24)21-16-6-2-4-14(12-16)18-25-9-10-26-18/h1-6,11-12,18H,7-10H2,(H,22,23)(H2,20,21,24). The lowest BCUT2D eigenvalue weighted by Crippen LogP contribution is -2.19. The lowest BCUT2D eigenvalue weighted by Gasteiger charge is -2.12. The monoisotopic (exact) mass is 388 g/mol. The van der Waals surface area contributed by atoms with Gasteiger partial charge in [-0.05, 0) is 41.8 Å². The van der Waals surface area contributed by atoms with E-state index in [1.807, 2.05) is 53.9 Å². The molecule has 5 nitrogen and oxygen atoms in total. The van der Waals surface area contributed by atoms with E-state index in [0.717, 1.165) is 22.8 Å². The van der Waals surface area contributed by atoms with E-state index < -0.39 is 5.97 Å². The lowest BCUT2D eigenvalue weighted by atomic mass is 10.1. The van der Waals surface area contributed by atoms with Crippen molar-refractivity contribution in [1.29, 1.82) is 0 Å². The minimum absolute atomic E-state index is 0.0691. The molecule has 0 aliphatic carbocycles. The van der Waals surface area contributed by atoms with Gasteiger partial charge in [0.05, 0.1) is 4.58 Å². The van der Waals surface area contributed by atoms with Gasteiger partial charge in [0.25, 0.3) is 0 Å². The molecule has 26 heavy (non-hydrogen) atoms. The van der Waals surface area contributed by atoms with Crippen molar-refractivity contribution < 1.29 is 14.7 Å². The van der Waals surface area contributed by atoms with Gasteiger partial charge in [-0.1, -0.05) is 24.3 Å². The highest BCUT2D eigenvalue weighted by molar-refractivity contribution is 8.19. The third-order valence-corrected chi connectivity index (χ3v) is 6.96. The summed E-state index contributed by atoms with van der Waals surface area (Å²) >= 11 is 3.85. The second kappa shape index (κ2) is 9.00. The normalized spacial score (nSPS) is 14.2. The maximum atomic E-state index is 12.3. The highest BCUT2D eigenvalue weighted by Gasteiger charge is 2.18. The summed E-state index contributed by atoms with van der Waals surface area (Å²) in [5.74, 6) is 1.48. The Kier molecular flexibility index (Phi) is 6.46. The largest absolute Gasteiger partial charge is 0.481 e. The van der Waals surface area contributed by atoms with Crippen LogP contribution in [0.4, 0.5) is 16.2 Å². The van der Waals surface area contributed by atoms with Crippen LogP contribution in [0, 0.1) is 0 Å². The van der Waals surface area contributed by atoms with Crippen molar-refractivity contribution in [3.05, 3.63) is 59.7 Å². The Labute approximate surface area is 161 Å². The Morgan fingerprint density at radius 2 is 1.65 bits per heavy atom. The van der Waals surface area contributed by atoms with E-state index in [9.17, 15) is 9.59 Å². The fourth-order valence-corrected chi connectivity index (χ4v) is 5.50. The number of thioether (sulfide) groups is 2. The summed E-state index contributed by atoms with van der Waals surface area (Å²) in [6.45, 7) is 0. The zero-order chi connectivity index (χ0) is 18.4. The van der Waals surface area contributed by atoms with Crippen LogP contribution in [0.25, 0.3) is 0 Å². The van der Waals surface area contributed by atoms with Crippen molar-refractivity contribution in [3.63, 3.8) is 0 Å². The van der Waals surface area contributed by atoms with Crippen LogP contribution in [-0.2, 0) is 11.2 Å². The summed E-state index contributed by atoms with van der Waals surface area (Å²) in [4.78, 5) is 22.9. The number of hydrogen-bond donors (Lipinski definition) is 3. The molecule has 2 amide bonds. The first kappa shape index (κ1) is 18.7. The van der Waals surface area contributed by atoms with Gasteiger partial charge in [0.2, 0.25) is 0 Å². The van der Waals surface area contributed by atoms with Gasteiger partial charge in [-0.25, -0.2) is 4.79 Å². The van der Waals surface area contributed by atoms with Crippen LogP contribution in [0.1, 0.15) is 22.1 Å². The van der Waals surface area contributed by atoms with Crippen LogP contribution in [0.15, 0.2) is 48.5 Å². The SMILES string of the molecule is O=C(O)CCc1cccc(NC(=O)Nc2cccc(C3SCCS3)c2)c1. The van der Waals surface area contributed by atoms with E-state index in [4.69, 9.17) is 5.11 Å². The Morgan fingerprint density at radius 1 is 1.00 bits per heavy atom. The molecular formula is C19H20N2O3S2. The third kappa shape index (κ3) is 5.44. The topological polar surface area (TPSA) is 78.4 Å². The number of carbonyl (C=O) groups excluding carboxylic acids is 1. The quantitative estimate of drug-likeness (QED) is 0.661. The molecule has 136 valence electrons. The van der Waals surface area contributed by atoms with Crippen molar-refractivity contribution in [2.24, 2.45) is 0 Å². The molecule has 1 aliphatic heterocycles. The van der Waals surface area contributed by atoms with E-state index in [1.165, 1.54) is 5.56 Å². The van der Waals surface area contributed by atoms with E-state index in [1.54, 1.807) is 12.1 Å². The predicted octanol–water partition coefficient (Wildman–Crippen LogP) is 4.83. The van der Waals surface area contributed by atoms with Gasteiger partial charge < -0.3 is 15.7 Å². The first-order valence-electron chi connectivity index (χ1n) is 8.32. The second-order valence-corrected chi connectivity index (χ2v) is 8.60. The number of urea groups is 1. The zero-order valence-electron chi connectivity index (χ0n) is 14.1. The number of hydrogen-bond acceptors (Lipinski definition) is 4. The van der Waals surface area contributed by atoms with E-state index in [-0.39, 0.29) is 12.5 Å². The highest BCUT2D eigenvalue weighted by Crippen LogP contribution is 2.45. The molecule has 0 aromatic heterocycles. The number of carbonyl (C=O) groups is 2. The van der Waals surface area contributed by atoms with Crippen molar-refractivity contribution >= 4 is 46.9 Å². The minimum Gasteiger partial charge on any atom is -0.481 e. The molecule has 0 atom stereocenters. The van der Waals surface area contributed by atoms with Gasteiger partial charge in [0.1, 0.15) is 0 Å². The predicted molar refractivity (Wildman–Crippen MR) is 109 cm³/mol. The van der Waals surface area contributed by atoms with Gasteiger partial charge in [-0.2, -0.15) is 0 Å². The molecule has 1 aliphatic rings. The van der Waals surface area contributed by atoms with Crippen molar-refractivity contribution in [1.82, 2.24) is 0 Å². The average molecular weight is 389 g/mol. The zero-order valence-corrected chi connectivity index (χ0v) is 15.7. The first-order valence-corrected chi connectivity index (χ1v) is 10.4. The smallest absolute Gasteiger partial charge is 0.323 e. The molecule has 3 rings (SSSR count). The van der Waals surface area contributed by atoms with E-state index in [2.05, 4.69) is 16.7 Å². The molecule has 0 spiro atoms. The molecule has 2 aromatic rings. The van der Waals surface area contributed by atoms with Crippen LogP contribution in [-0.4, -0.2) is 28.6 Å². The third-order valence-electron chi connectivity index (χ3n) is 3.85. The van der Waals surface area contributed by atoms with Crippen molar-refractivity contribution in [2.75, 3.05) is 22.1 Å². The summed E-state index contributed by atoms with van der Waals surface area (Å²) < 4.78 is 0.436. The molecule has 7 heteroatoms. The van der Waals surface area contributed by atoms with E-state index >= 15 is 0 Å². The molecule has 0 unspecified atom stereocenters. The van der Waals surface area contributed by atoms with Crippen LogP contribution in [0.3, 0.4) is 0 Å². The first-order chi connectivity index (χ1) is 12.6. The van der Waals surface area contributed by atoms with Gasteiger partial charge in [-0.15, -0.1) is 23.5 Å². The number of aliphatic carboxylic acids is 1. The van der Waals surface area contributed by atoms with Crippen LogP contribution in [0.5, 0.6) is 0 Å². The van der Waals surface area contributed by atoms with Gasteiger partial charge in [0, 0.05) is 29.3 Å². The molecule has 0 radical (unpaired) electrons. The Bertz CT molecular complexity index is 792. The molecule has 1 saturated heterocycles. The molecule has 2 aromatic carbocycles. The second-order valence-electron chi connectivity index (χ2n) is 5.87. The van der Waals surface area contributed by atoms with Crippen molar-refractivity contribution in [3.8, 4) is 0 Å². The molecule has 3 N–H and O–H groups in total. The Morgan fingerprint density at radius 3 is 2.35 bits per heavy atom. The fraction of sp³-hybridized carbons (Fsp3) is 0.263. The number of carboxylic acids is 1. The summed E-state index contributed by atoms with van der Waals surface area (Å²) in [5.41, 5.74) is 3.49. The number of nitrogens with one attached hydrogen (secondary N) is 2. The summed E-state index contributed by atoms with van der Waals surface area (Å²) in [7, 11) is 0. The Balaban J connectivity index is 1.59. The molecule has 1 fully saturated rings. The maximum absolute atomic E-state index is 12.3. The van der Waals surface area contributed by atoms with Crippen LogP contribution in [0.2, 0.25) is 0 Å². The number of carboxylic acid groups (broad SMARTS) is 1. The number of aryl methyl sites for hydroxylation is 1. The van der Waals surface area contributed by atoms with Gasteiger partial charge >= 0.3 is 12.0 Å². The number of amides is 2. The summed E-state index contributed by atoms with van der Waals surface area (Å²) in [6.07, 6.45) is 0.505. The van der Waals surface area contributed by atoms with Gasteiger partial charge in [-0.3, -0.25) is 4.79 Å². The molecule has 0 bridgehead atoms. The summed E-state index contributed by atoms with van der Waals surface area (Å²) in [5, 5.41) is 14.4. The average Bonchev–Trinajstić information content (AvgIpc) is 3.15. The van der Waals surface area contributed by atoms with Crippen LogP contribution < -0.4 is 10.6 Å². The Hall–Kier alpha value is -2.12. The number of benzene rings is 2. The molecular weight excluding hydrogens is 368 g/mol. The van der Waals surface area contributed by atoms with Crippen molar-refractivity contribution in [2.45, 2.75) is 17.4 Å². The lowest BCUT2D eigenvalue weighted by molar-refractivity contribution is -0.136. The number of rotatable bonds is 6. The molecule has 0 saturated carbocycles. The fourth-order valence-electron chi connectivity index (χ4n) is 2.66. The minimum atomic E-state index is -0.834. The van der Waals surface area contributed by atoms with Gasteiger partial charge in [0.15, 0.2) is 0 Å². The maximum Gasteiger partial charge on any atom is 0.323 e.